The normalized spacial score (nSPS) is 24.1. The second kappa shape index (κ2) is 9.83. The molecule has 9 nitrogen and oxygen atoms in total. The minimum atomic E-state index is -3.68. The van der Waals surface area contributed by atoms with Crippen molar-refractivity contribution in [2.24, 2.45) is 5.92 Å². The lowest BCUT2D eigenvalue weighted by Gasteiger charge is -2.33. The Hall–Kier alpha value is -1.72. The number of alkyl halides is 1. The summed E-state index contributed by atoms with van der Waals surface area (Å²) in [6.45, 7) is 6.08. The first kappa shape index (κ1) is 23.9. The average Bonchev–Trinajstić information content (AvgIpc) is 2.95. The zero-order chi connectivity index (χ0) is 22.8. The third-order valence-corrected chi connectivity index (χ3v) is 8.32. The number of carbonyl (C=O) groups excluding carboxylic acids is 2. The van der Waals surface area contributed by atoms with Gasteiger partial charge in [-0.1, -0.05) is 13.0 Å². The fourth-order valence-corrected chi connectivity index (χ4v) is 5.59. The molecule has 2 saturated heterocycles. The van der Waals surface area contributed by atoms with Crippen molar-refractivity contribution in [3.63, 3.8) is 0 Å². The second-order valence-corrected chi connectivity index (χ2v) is 10.6. The van der Waals surface area contributed by atoms with Gasteiger partial charge in [-0.25, -0.2) is 13.8 Å². The van der Waals surface area contributed by atoms with Crippen LogP contribution in [0.1, 0.15) is 18.9 Å². The Kier molecular flexibility index (Phi) is 7.59. The first-order chi connectivity index (χ1) is 14.6. The fraction of sp³-hybridized carbons (Fsp3) is 0.600. The molecule has 0 aromatic heterocycles. The van der Waals surface area contributed by atoms with Crippen LogP contribution in [0.15, 0.2) is 23.1 Å². The van der Waals surface area contributed by atoms with E-state index in [0.29, 0.717) is 37.4 Å². The third kappa shape index (κ3) is 5.56. The van der Waals surface area contributed by atoms with Gasteiger partial charge in [0, 0.05) is 31.9 Å². The van der Waals surface area contributed by atoms with Crippen molar-refractivity contribution in [3.05, 3.63) is 23.8 Å². The molecule has 0 spiro atoms. The Morgan fingerprint density at radius 3 is 2.74 bits per heavy atom. The third-order valence-electron chi connectivity index (χ3n) is 5.75. The van der Waals surface area contributed by atoms with Crippen LogP contribution < -0.4 is 10.7 Å². The molecule has 3 rings (SSSR count). The van der Waals surface area contributed by atoms with Gasteiger partial charge in [0.2, 0.25) is 21.8 Å². The first-order valence-electron chi connectivity index (χ1n) is 10.4. The van der Waals surface area contributed by atoms with Gasteiger partial charge in [-0.2, -0.15) is 4.31 Å². The molecular formula is C20H30ClN5O4S. The maximum Gasteiger partial charge on any atom is 0.245 e. The number of carbonyl (C=O) groups is 2. The lowest BCUT2D eigenvalue weighted by atomic mass is 10.0. The lowest BCUT2D eigenvalue weighted by molar-refractivity contribution is -0.144. The van der Waals surface area contributed by atoms with Gasteiger partial charge in [0.1, 0.15) is 6.54 Å². The number of amides is 2. The average molecular weight is 472 g/mol. The van der Waals surface area contributed by atoms with E-state index in [1.165, 1.54) is 15.4 Å². The smallest absolute Gasteiger partial charge is 0.245 e. The largest absolute Gasteiger partial charge is 0.324 e. The number of hydrazine groups is 1. The molecule has 1 aromatic rings. The van der Waals surface area contributed by atoms with Gasteiger partial charge >= 0.3 is 0 Å². The molecule has 172 valence electrons. The first-order valence-corrected chi connectivity index (χ1v) is 12.3. The van der Waals surface area contributed by atoms with E-state index in [1.54, 1.807) is 26.0 Å². The van der Waals surface area contributed by atoms with Crippen molar-refractivity contribution in [2.75, 3.05) is 51.6 Å². The number of hydrogen-bond donors (Lipinski definition) is 2. The van der Waals surface area contributed by atoms with E-state index in [-0.39, 0.29) is 28.6 Å². The molecule has 0 radical (unpaired) electrons. The number of rotatable bonds is 5. The molecule has 2 amide bonds. The van der Waals surface area contributed by atoms with Gasteiger partial charge < -0.3 is 10.2 Å². The Balaban J connectivity index is 1.72. The van der Waals surface area contributed by atoms with Crippen molar-refractivity contribution < 1.29 is 18.0 Å². The van der Waals surface area contributed by atoms with Crippen molar-refractivity contribution >= 4 is 39.1 Å². The number of aryl methyl sites for hydroxylation is 1. The number of sulfonamides is 1. The monoisotopic (exact) mass is 471 g/mol. The van der Waals surface area contributed by atoms with Crippen LogP contribution in [0.4, 0.5) is 5.69 Å². The summed E-state index contributed by atoms with van der Waals surface area (Å²) in [5.41, 5.74) is 3.83. The molecular weight excluding hydrogens is 442 g/mol. The Labute approximate surface area is 188 Å². The highest BCUT2D eigenvalue weighted by Gasteiger charge is 2.33. The summed E-state index contributed by atoms with van der Waals surface area (Å²) in [5.74, 6) is -1.07. The van der Waals surface area contributed by atoms with E-state index in [1.807, 2.05) is 7.05 Å². The highest BCUT2D eigenvalue weighted by molar-refractivity contribution is 7.89. The van der Waals surface area contributed by atoms with E-state index in [2.05, 4.69) is 15.6 Å². The molecule has 11 heteroatoms. The van der Waals surface area contributed by atoms with E-state index in [0.717, 1.165) is 13.0 Å². The topological polar surface area (TPSA) is 102 Å². The minimum Gasteiger partial charge on any atom is -0.324 e. The van der Waals surface area contributed by atoms with Crippen molar-refractivity contribution in [1.29, 1.82) is 0 Å². The molecule has 2 atom stereocenters. The van der Waals surface area contributed by atoms with E-state index < -0.39 is 15.9 Å². The molecule has 2 fully saturated rings. The number of likely N-dealkylation sites (N-methyl/N-ethyl adjacent to an activating group) is 1. The molecule has 2 heterocycles. The maximum atomic E-state index is 13.3. The number of nitrogens with one attached hydrogen (secondary N) is 2. The minimum absolute atomic E-state index is 0.181. The van der Waals surface area contributed by atoms with Gasteiger partial charge in [-0.05, 0) is 44.6 Å². The highest BCUT2D eigenvalue weighted by Crippen LogP contribution is 2.25. The van der Waals surface area contributed by atoms with Gasteiger partial charge in [0.05, 0.1) is 16.2 Å². The molecule has 0 saturated carbocycles. The number of halogens is 1. The van der Waals surface area contributed by atoms with Gasteiger partial charge in [0.15, 0.2) is 0 Å². The number of nitrogens with zero attached hydrogens (tertiary/aromatic N) is 3. The summed E-state index contributed by atoms with van der Waals surface area (Å²) < 4.78 is 28.0. The van der Waals surface area contributed by atoms with Crippen LogP contribution in [0, 0.1) is 12.8 Å². The van der Waals surface area contributed by atoms with Crippen LogP contribution in [-0.2, 0) is 19.6 Å². The summed E-state index contributed by atoms with van der Waals surface area (Å²) >= 11 is 6.08. The van der Waals surface area contributed by atoms with Crippen LogP contribution in [0.2, 0.25) is 0 Å². The van der Waals surface area contributed by atoms with Crippen LogP contribution in [0.3, 0.4) is 0 Å². The van der Waals surface area contributed by atoms with Crippen LogP contribution in [0.5, 0.6) is 0 Å². The van der Waals surface area contributed by atoms with E-state index >= 15 is 0 Å². The lowest BCUT2D eigenvalue weighted by Crippen LogP contribution is -2.57. The summed E-state index contributed by atoms with van der Waals surface area (Å²) in [7, 11) is -1.70. The predicted octanol–water partition coefficient (Wildman–Crippen LogP) is 0.850. The maximum absolute atomic E-state index is 13.3. The second-order valence-electron chi connectivity index (χ2n) is 8.18. The van der Waals surface area contributed by atoms with Crippen LogP contribution in [-0.4, -0.2) is 86.1 Å². The van der Waals surface area contributed by atoms with E-state index in [9.17, 15) is 18.0 Å². The molecule has 2 aliphatic rings. The zero-order valence-electron chi connectivity index (χ0n) is 18.1. The summed E-state index contributed by atoms with van der Waals surface area (Å²) in [6, 6.07) is 4.82. The predicted molar refractivity (Wildman–Crippen MR) is 119 cm³/mol. The molecule has 2 unspecified atom stereocenters. The SMILES string of the molecule is Cc1ccc(NC(=O)CN2NCC(Cl)C(C)C2=O)cc1S(=O)(=O)N1CCCN(C)CC1. The van der Waals surface area contributed by atoms with Crippen molar-refractivity contribution in [1.82, 2.24) is 19.6 Å². The number of anilines is 1. The number of hydrogen-bond acceptors (Lipinski definition) is 6. The molecule has 0 bridgehead atoms. The van der Waals surface area contributed by atoms with Gasteiger partial charge in [-0.15, -0.1) is 11.6 Å². The standard InChI is InChI=1S/C20H30ClN5O4S/c1-14-5-6-16(23-19(27)13-26-20(28)15(2)17(21)12-22-26)11-18(14)31(29,30)25-8-4-7-24(3)9-10-25/h5-6,11,15,17,22H,4,7-10,12-13H2,1-3H3,(H,23,27). The number of benzene rings is 1. The quantitative estimate of drug-likeness (QED) is 0.617. The van der Waals surface area contributed by atoms with E-state index in [4.69, 9.17) is 11.6 Å². The fourth-order valence-electron chi connectivity index (χ4n) is 3.69. The summed E-state index contributed by atoms with van der Waals surface area (Å²) in [6.07, 6.45) is 0.768. The molecule has 2 N–H and O–H groups in total. The molecule has 0 aliphatic carbocycles. The van der Waals surface area contributed by atoms with Crippen molar-refractivity contribution in [2.45, 2.75) is 30.5 Å². The van der Waals surface area contributed by atoms with Crippen LogP contribution >= 0.6 is 11.6 Å². The van der Waals surface area contributed by atoms with Crippen molar-refractivity contribution in [3.8, 4) is 0 Å². The molecule has 1 aromatic carbocycles. The summed E-state index contributed by atoms with van der Waals surface area (Å²) in [5, 5.41) is 3.63. The molecule has 31 heavy (non-hydrogen) atoms. The van der Waals surface area contributed by atoms with Crippen LogP contribution in [0.25, 0.3) is 0 Å². The Morgan fingerprint density at radius 1 is 1.26 bits per heavy atom. The Morgan fingerprint density at radius 2 is 2.00 bits per heavy atom. The Bertz CT molecular complexity index is 941. The van der Waals surface area contributed by atoms with Gasteiger partial charge in [-0.3, -0.25) is 14.6 Å². The molecule has 2 aliphatic heterocycles. The zero-order valence-corrected chi connectivity index (χ0v) is 19.7. The summed E-state index contributed by atoms with van der Waals surface area (Å²) in [4.78, 5) is 27.1. The van der Waals surface area contributed by atoms with Gasteiger partial charge in [0.25, 0.3) is 0 Å². The highest BCUT2D eigenvalue weighted by atomic mass is 35.5.